The Hall–Kier alpha value is -2.09. The van der Waals surface area contributed by atoms with Crippen molar-refractivity contribution in [3.63, 3.8) is 0 Å². The van der Waals surface area contributed by atoms with Crippen molar-refractivity contribution in [2.45, 2.75) is 37.2 Å². The maximum atomic E-state index is 13.0. The molecule has 28 heavy (non-hydrogen) atoms. The Bertz CT molecular complexity index is 961. The van der Waals surface area contributed by atoms with Crippen LogP contribution >= 0.6 is 11.6 Å². The van der Waals surface area contributed by atoms with E-state index in [1.165, 1.54) is 0 Å². The lowest BCUT2D eigenvalue weighted by Gasteiger charge is -2.38. The molecule has 0 aromatic heterocycles. The van der Waals surface area contributed by atoms with Crippen molar-refractivity contribution in [3.05, 3.63) is 70.7 Å². The summed E-state index contributed by atoms with van der Waals surface area (Å²) in [5, 5.41) is 11.7. The molecule has 150 valence electrons. The highest BCUT2D eigenvalue weighted by Gasteiger charge is 2.48. The van der Waals surface area contributed by atoms with Crippen LogP contribution in [-0.2, 0) is 14.8 Å². The van der Waals surface area contributed by atoms with E-state index in [4.69, 9.17) is 16.3 Å². The number of nitrogens with one attached hydrogen (secondary N) is 1. The first kappa shape index (κ1) is 20.6. The van der Waals surface area contributed by atoms with Gasteiger partial charge in [-0.25, -0.2) is 8.42 Å². The van der Waals surface area contributed by atoms with Crippen molar-refractivity contribution in [3.8, 4) is 0 Å². The molecule has 0 bridgehead atoms. The lowest BCUT2D eigenvalue weighted by molar-refractivity contribution is 0.0760. The van der Waals surface area contributed by atoms with Gasteiger partial charge in [0.1, 0.15) is 10.9 Å². The average molecular weight is 423 g/mol. The van der Waals surface area contributed by atoms with Crippen LogP contribution in [0.1, 0.15) is 42.7 Å². The number of amidine groups is 1. The number of nitrogens with zero attached hydrogens (tertiary/aromatic N) is 1. The Kier molecular flexibility index (Phi) is 5.98. The molecule has 8 heteroatoms. The lowest BCUT2D eigenvalue weighted by Crippen LogP contribution is -2.47. The summed E-state index contributed by atoms with van der Waals surface area (Å²) in [7, 11) is -3.95. The van der Waals surface area contributed by atoms with Gasteiger partial charge >= 0.3 is 6.02 Å². The number of halogens is 1. The minimum absolute atomic E-state index is 0.0712. The molecule has 2 aromatic rings. The molecule has 1 heterocycles. The zero-order chi connectivity index (χ0) is 20.4. The van der Waals surface area contributed by atoms with Gasteiger partial charge in [-0.05, 0) is 37.5 Å². The second kappa shape index (κ2) is 8.11. The number of rotatable bonds is 5. The summed E-state index contributed by atoms with van der Waals surface area (Å²) in [6.07, 6.45) is 0.376. The van der Waals surface area contributed by atoms with E-state index >= 15 is 0 Å². The third-order valence-electron chi connectivity index (χ3n) is 4.60. The Morgan fingerprint density at radius 2 is 1.82 bits per heavy atom. The fourth-order valence-electron chi connectivity index (χ4n) is 3.41. The Balaban J connectivity index is 1.96. The van der Waals surface area contributed by atoms with Crippen molar-refractivity contribution in [1.29, 1.82) is 0 Å². The molecule has 0 aliphatic carbocycles. The maximum Gasteiger partial charge on any atom is 0.301 e. The zero-order valence-electron chi connectivity index (χ0n) is 15.7. The predicted molar refractivity (Wildman–Crippen MR) is 110 cm³/mol. The summed E-state index contributed by atoms with van der Waals surface area (Å²) >= 11 is 6.24. The number of aliphatic hydroxyl groups is 1. The normalized spacial score (nSPS) is 21.3. The lowest BCUT2D eigenvalue weighted by atomic mass is 9.97. The largest absolute Gasteiger partial charge is 0.457 e. The third kappa shape index (κ3) is 4.32. The molecule has 0 saturated carbocycles. The number of sulfonamides is 1. The van der Waals surface area contributed by atoms with E-state index in [-0.39, 0.29) is 18.7 Å². The minimum Gasteiger partial charge on any atom is -0.457 e. The molecule has 6 nitrogen and oxygen atoms in total. The zero-order valence-corrected chi connectivity index (χ0v) is 17.2. The first-order valence-corrected chi connectivity index (χ1v) is 10.8. The van der Waals surface area contributed by atoms with Gasteiger partial charge in [0, 0.05) is 11.6 Å². The summed E-state index contributed by atoms with van der Waals surface area (Å²) in [6, 6.07) is 15.8. The molecule has 1 aliphatic rings. The Labute approximate surface area is 170 Å². The van der Waals surface area contributed by atoms with E-state index in [9.17, 15) is 13.5 Å². The van der Waals surface area contributed by atoms with Crippen LogP contribution in [0.4, 0.5) is 0 Å². The molecule has 0 spiro atoms. The number of hydrogen-bond donors (Lipinski definition) is 2. The summed E-state index contributed by atoms with van der Waals surface area (Å²) in [4.78, 5) is 0. The molecule has 3 rings (SSSR count). The quantitative estimate of drug-likeness (QED) is 0.768. The predicted octanol–water partition coefficient (Wildman–Crippen LogP) is 3.59. The average Bonchev–Trinajstić information content (AvgIpc) is 2.62. The number of ether oxygens (including phenoxy) is 1. The van der Waals surface area contributed by atoms with Crippen molar-refractivity contribution < 1.29 is 18.3 Å². The smallest absolute Gasteiger partial charge is 0.301 e. The van der Waals surface area contributed by atoms with E-state index in [0.717, 1.165) is 5.56 Å². The standard InChI is InChI=1S/C20H23ClN2O4S/c1-20(2)18(15-10-6-7-11-16(15)21)28(25,26)23-19(27-20)22-17(12-13-24)14-8-4-3-5-9-14/h3-11,17-18,24H,12-13H2,1-2H3,(H,22,23)/t17-,18?/m0/s1. The molecule has 0 amide bonds. The fourth-order valence-corrected chi connectivity index (χ4v) is 5.44. The monoisotopic (exact) mass is 422 g/mol. The van der Waals surface area contributed by atoms with E-state index in [1.807, 2.05) is 30.3 Å². The van der Waals surface area contributed by atoms with Crippen LogP contribution in [0.2, 0.25) is 5.02 Å². The molecular weight excluding hydrogens is 400 g/mol. The van der Waals surface area contributed by atoms with Gasteiger partial charge in [0.15, 0.2) is 0 Å². The van der Waals surface area contributed by atoms with E-state index in [0.29, 0.717) is 17.0 Å². The van der Waals surface area contributed by atoms with Gasteiger partial charge in [0.2, 0.25) is 0 Å². The molecule has 2 aromatic carbocycles. The van der Waals surface area contributed by atoms with Gasteiger partial charge in [-0.1, -0.05) is 60.1 Å². The molecule has 0 fully saturated rings. The van der Waals surface area contributed by atoms with Crippen LogP contribution in [0.25, 0.3) is 0 Å². The third-order valence-corrected chi connectivity index (χ3v) is 6.79. The molecule has 0 radical (unpaired) electrons. The molecule has 0 saturated heterocycles. The highest BCUT2D eigenvalue weighted by Crippen LogP contribution is 2.42. The Morgan fingerprint density at radius 3 is 2.43 bits per heavy atom. The van der Waals surface area contributed by atoms with Crippen molar-refractivity contribution in [2.75, 3.05) is 6.61 Å². The first-order valence-electron chi connectivity index (χ1n) is 8.94. The highest BCUT2D eigenvalue weighted by molar-refractivity contribution is 7.90. The van der Waals surface area contributed by atoms with Gasteiger partial charge in [0.05, 0.1) is 6.04 Å². The van der Waals surface area contributed by atoms with Gasteiger partial charge in [-0.2, -0.15) is 0 Å². The van der Waals surface area contributed by atoms with Gasteiger partial charge in [0.25, 0.3) is 10.0 Å². The van der Waals surface area contributed by atoms with Gasteiger partial charge < -0.3 is 15.2 Å². The van der Waals surface area contributed by atoms with Crippen LogP contribution in [0.3, 0.4) is 0 Å². The molecular formula is C20H23ClN2O4S. The second-order valence-corrected chi connectivity index (χ2v) is 9.23. The topological polar surface area (TPSA) is 88.0 Å². The van der Waals surface area contributed by atoms with Crippen molar-refractivity contribution in [2.24, 2.45) is 4.40 Å². The molecule has 1 aliphatic heterocycles. The Morgan fingerprint density at radius 1 is 1.18 bits per heavy atom. The number of benzene rings is 2. The fraction of sp³-hybridized carbons (Fsp3) is 0.350. The first-order chi connectivity index (χ1) is 13.2. The SMILES string of the molecule is CC1(C)OC(N[C@@H](CCO)c2ccccc2)=NS(=O)(=O)C1c1ccccc1Cl. The molecule has 2 N–H and O–H groups in total. The minimum atomic E-state index is -3.95. The second-order valence-electron chi connectivity index (χ2n) is 7.14. The highest BCUT2D eigenvalue weighted by atomic mass is 35.5. The van der Waals surface area contributed by atoms with Gasteiger partial charge in [-0.3, -0.25) is 0 Å². The van der Waals surface area contributed by atoms with Crippen LogP contribution in [-0.4, -0.2) is 31.8 Å². The van der Waals surface area contributed by atoms with Gasteiger partial charge in [-0.15, -0.1) is 4.40 Å². The van der Waals surface area contributed by atoms with E-state index in [2.05, 4.69) is 9.71 Å². The van der Waals surface area contributed by atoms with Crippen molar-refractivity contribution in [1.82, 2.24) is 5.32 Å². The van der Waals surface area contributed by atoms with Crippen LogP contribution < -0.4 is 5.32 Å². The van der Waals surface area contributed by atoms with E-state index in [1.54, 1.807) is 38.1 Å². The number of hydrogen-bond acceptors (Lipinski definition) is 5. The van der Waals surface area contributed by atoms with Crippen LogP contribution in [0, 0.1) is 0 Å². The summed E-state index contributed by atoms with van der Waals surface area (Å²) in [5.74, 6) is 0. The number of aliphatic hydroxyl groups excluding tert-OH is 1. The van der Waals surface area contributed by atoms with Crippen molar-refractivity contribution >= 4 is 27.6 Å². The van der Waals surface area contributed by atoms with Crippen LogP contribution in [0.5, 0.6) is 0 Å². The molecule has 1 unspecified atom stereocenters. The summed E-state index contributed by atoms with van der Waals surface area (Å²) in [5.41, 5.74) is 0.243. The van der Waals surface area contributed by atoms with E-state index < -0.39 is 20.9 Å². The maximum absolute atomic E-state index is 13.0. The summed E-state index contributed by atoms with van der Waals surface area (Å²) in [6.45, 7) is 3.31. The van der Waals surface area contributed by atoms with Crippen LogP contribution in [0.15, 0.2) is 59.0 Å². The molecule has 2 atom stereocenters. The summed E-state index contributed by atoms with van der Waals surface area (Å²) < 4.78 is 35.9.